The van der Waals surface area contributed by atoms with E-state index in [-0.39, 0.29) is 0 Å². The van der Waals surface area contributed by atoms with Crippen LogP contribution in [0.5, 0.6) is 5.75 Å². The van der Waals surface area contributed by atoms with E-state index in [1.54, 1.807) is 0 Å². The molecule has 114 valence electrons. The number of rotatable bonds is 5. The molecule has 1 aromatic carbocycles. The minimum absolute atomic E-state index is 0.702. The second kappa shape index (κ2) is 6.95. The van der Waals surface area contributed by atoms with Gasteiger partial charge in [-0.05, 0) is 61.8 Å². The fourth-order valence-corrected chi connectivity index (χ4v) is 3.48. The normalized spacial score (nSPS) is 21.8. The van der Waals surface area contributed by atoms with Crippen molar-refractivity contribution in [3.63, 3.8) is 0 Å². The molecule has 1 N–H and O–H groups in total. The average molecular weight is 351 g/mol. The van der Waals surface area contributed by atoms with E-state index in [0.29, 0.717) is 6.61 Å². The summed E-state index contributed by atoms with van der Waals surface area (Å²) in [7, 11) is 0. The fourth-order valence-electron chi connectivity index (χ4n) is 3.10. The van der Waals surface area contributed by atoms with Crippen molar-refractivity contribution in [3.8, 4) is 5.75 Å². The third kappa shape index (κ3) is 3.87. The summed E-state index contributed by atoms with van der Waals surface area (Å²) in [4.78, 5) is 2.53. The topological polar surface area (TPSA) is 24.5 Å². The zero-order valence-corrected chi connectivity index (χ0v) is 14.2. The van der Waals surface area contributed by atoms with Crippen LogP contribution in [0.4, 0.5) is 0 Å². The lowest BCUT2D eigenvalue weighted by molar-refractivity contribution is 0.334. The molecular weight excluding hydrogens is 328 g/mol. The summed E-state index contributed by atoms with van der Waals surface area (Å²) in [6, 6.07) is 6.16. The first-order chi connectivity index (χ1) is 10.2. The molecule has 0 radical (unpaired) electrons. The van der Waals surface area contributed by atoms with Crippen LogP contribution in [0.3, 0.4) is 0 Å². The van der Waals surface area contributed by atoms with E-state index in [4.69, 9.17) is 4.74 Å². The molecule has 0 bridgehead atoms. The van der Waals surface area contributed by atoms with Gasteiger partial charge in [-0.15, -0.1) is 0 Å². The predicted octanol–water partition coefficient (Wildman–Crippen LogP) is 3.16. The van der Waals surface area contributed by atoms with E-state index in [2.05, 4.69) is 45.2 Å². The number of benzene rings is 1. The Bertz CT molecular complexity index is 530. The number of halogens is 1. The van der Waals surface area contributed by atoms with Crippen molar-refractivity contribution in [2.45, 2.75) is 13.3 Å². The van der Waals surface area contributed by atoms with Crippen molar-refractivity contribution in [2.75, 3.05) is 39.3 Å². The van der Waals surface area contributed by atoms with Crippen molar-refractivity contribution in [2.24, 2.45) is 5.92 Å². The first-order valence-electron chi connectivity index (χ1n) is 7.79. The van der Waals surface area contributed by atoms with E-state index in [1.165, 1.54) is 37.2 Å². The van der Waals surface area contributed by atoms with Gasteiger partial charge in [-0.25, -0.2) is 0 Å². The summed E-state index contributed by atoms with van der Waals surface area (Å²) < 4.78 is 6.91. The highest BCUT2D eigenvalue weighted by Crippen LogP contribution is 2.28. The van der Waals surface area contributed by atoms with Gasteiger partial charge in [0, 0.05) is 23.1 Å². The van der Waals surface area contributed by atoms with E-state index >= 15 is 0 Å². The summed E-state index contributed by atoms with van der Waals surface area (Å²) in [6.45, 7) is 8.67. The maximum absolute atomic E-state index is 5.81. The fraction of sp³-hybridized carbons (Fsp3) is 0.529. The van der Waals surface area contributed by atoms with Gasteiger partial charge < -0.3 is 15.0 Å². The maximum atomic E-state index is 5.81. The smallest absolute Gasteiger partial charge is 0.127 e. The van der Waals surface area contributed by atoms with Crippen LogP contribution in [0.25, 0.3) is 6.08 Å². The molecule has 1 aromatic rings. The van der Waals surface area contributed by atoms with Crippen molar-refractivity contribution < 1.29 is 4.74 Å². The minimum atomic E-state index is 0.702. The molecule has 3 nitrogen and oxygen atoms in total. The molecule has 0 amide bonds. The van der Waals surface area contributed by atoms with Crippen molar-refractivity contribution in [1.82, 2.24) is 10.2 Å². The molecule has 1 unspecified atom stereocenters. The highest BCUT2D eigenvalue weighted by atomic mass is 79.9. The van der Waals surface area contributed by atoms with Crippen LogP contribution in [0, 0.1) is 5.92 Å². The number of nitrogens with zero attached hydrogens (tertiary/aromatic N) is 1. The molecule has 0 aromatic heterocycles. The SMILES string of the molecule is CCN1CCC(CNCC2=Cc3cc(Br)ccc3OC2)C1. The second-order valence-electron chi connectivity index (χ2n) is 5.95. The van der Waals surface area contributed by atoms with Crippen LogP contribution in [0.15, 0.2) is 28.2 Å². The molecule has 21 heavy (non-hydrogen) atoms. The minimum Gasteiger partial charge on any atom is -0.489 e. The van der Waals surface area contributed by atoms with Crippen LogP contribution in [-0.2, 0) is 0 Å². The Morgan fingerprint density at radius 2 is 2.33 bits per heavy atom. The van der Waals surface area contributed by atoms with Crippen LogP contribution in [-0.4, -0.2) is 44.2 Å². The first kappa shape index (κ1) is 15.1. The average Bonchev–Trinajstić information content (AvgIpc) is 2.95. The molecule has 4 heteroatoms. The molecule has 1 fully saturated rings. The molecule has 0 spiro atoms. The van der Waals surface area contributed by atoms with Gasteiger partial charge in [0.15, 0.2) is 0 Å². The van der Waals surface area contributed by atoms with E-state index in [9.17, 15) is 0 Å². The Hall–Kier alpha value is -0.840. The highest BCUT2D eigenvalue weighted by Gasteiger charge is 2.20. The second-order valence-corrected chi connectivity index (χ2v) is 6.87. The number of ether oxygens (including phenoxy) is 1. The summed E-state index contributed by atoms with van der Waals surface area (Å²) in [5, 5.41) is 3.60. The first-order valence-corrected chi connectivity index (χ1v) is 8.58. The molecular formula is C17H23BrN2O. The van der Waals surface area contributed by atoms with Crippen LogP contribution >= 0.6 is 15.9 Å². The standard InChI is InChI=1S/C17H23BrN2O/c1-2-20-6-5-13(11-20)9-19-10-14-7-15-8-16(18)3-4-17(15)21-12-14/h3-4,7-8,13,19H,2,5-6,9-12H2,1H3. The number of nitrogens with one attached hydrogen (secondary N) is 1. The Balaban J connectivity index is 1.50. The quantitative estimate of drug-likeness (QED) is 0.882. The molecule has 1 saturated heterocycles. The molecule has 0 saturated carbocycles. The Morgan fingerprint density at radius 3 is 3.14 bits per heavy atom. The summed E-state index contributed by atoms with van der Waals surface area (Å²) in [5.41, 5.74) is 2.50. The van der Waals surface area contributed by atoms with Gasteiger partial charge >= 0.3 is 0 Å². The largest absolute Gasteiger partial charge is 0.489 e. The molecule has 1 atom stereocenters. The van der Waals surface area contributed by atoms with Crippen LogP contribution in [0.1, 0.15) is 18.9 Å². The summed E-state index contributed by atoms with van der Waals surface area (Å²) in [5.74, 6) is 1.79. The molecule has 2 aliphatic heterocycles. The van der Waals surface area contributed by atoms with Crippen molar-refractivity contribution >= 4 is 22.0 Å². The van der Waals surface area contributed by atoms with Crippen molar-refractivity contribution in [1.29, 1.82) is 0 Å². The van der Waals surface area contributed by atoms with Gasteiger partial charge in [-0.2, -0.15) is 0 Å². The number of fused-ring (bicyclic) bond motifs is 1. The predicted molar refractivity (Wildman–Crippen MR) is 90.7 cm³/mol. The number of likely N-dealkylation sites (tertiary alicyclic amines) is 1. The van der Waals surface area contributed by atoms with Crippen LogP contribution in [0.2, 0.25) is 0 Å². The van der Waals surface area contributed by atoms with Crippen molar-refractivity contribution in [3.05, 3.63) is 33.8 Å². The van der Waals surface area contributed by atoms with Gasteiger partial charge in [0.05, 0.1) is 0 Å². The number of hydrogen-bond donors (Lipinski definition) is 1. The highest BCUT2D eigenvalue weighted by molar-refractivity contribution is 9.10. The van der Waals surface area contributed by atoms with Gasteiger partial charge in [0.25, 0.3) is 0 Å². The lowest BCUT2D eigenvalue weighted by Crippen LogP contribution is -2.29. The third-order valence-corrected chi connectivity index (χ3v) is 4.84. The van der Waals surface area contributed by atoms with Gasteiger partial charge in [0.2, 0.25) is 0 Å². The van der Waals surface area contributed by atoms with Gasteiger partial charge in [-0.3, -0.25) is 0 Å². The molecule has 3 rings (SSSR count). The zero-order chi connectivity index (χ0) is 14.7. The summed E-state index contributed by atoms with van der Waals surface area (Å²) in [6.07, 6.45) is 3.58. The number of hydrogen-bond acceptors (Lipinski definition) is 3. The maximum Gasteiger partial charge on any atom is 0.127 e. The third-order valence-electron chi connectivity index (χ3n) is 4.35. The Morgan fingerprint density at radius 1 is 1.43 bits per heavy atom. The van der Waals surface area contributed by atoms with Gasteiger partial charge in [0.1, 0.15) is 12.4 Å². The molecule has 2 heterocycles. The Labute approximate surface area is 135 Å². The zero-order valence-electron chi connectivity index (χ0n) is 12.6. The Kier molecular flexibility index (Phi) is 4.99. The van der Waals surface area contributed by atoms with E-state index in [1.807, 2.05) is 12.1 Å². The van der Waals surface area contributed by atoms with E-state index in [0.717, 1.165) is 29.2 Å². The lowest BCUT2D eigenvalue weighted by Gasteiger charge is -2.19. The van der Waals surface area contributed by atoms with E-state index < -0.39 is 0 Å². The summed E-state index contributed by atoms with van der Waals surface area (Å²) >= 11 is 3.51. The monoisotopic (exact) mass is 350 g/mol. The van der Waals surface area contributed by atoms with Gasteiger partial charge in [-0.1, -0.05) is 22.9 Å². The molecule has 2 aliphatic rings. The lowest BCUT2D eigenvalue weighted by atomic mass is 10.1. The molecule has 0 aliphatic carbocycles. The van der Waals surface area contributed by atoms with Crippen LogP contribution < -0.4 is 10.1 Å².